The summed E-state index contributed by atoms with van der Waals surface area (Å²) in [6, 6.07) is 7.02. The number of nitrogens with zero attached hydrogens (tertiary/aromatic N) is 2. The third kappa shape index (κ3) is 4.30. The molecule has 2 aliphatic heterocycles. The summed E-state index contributed by atoms with van der Waals surface area (Å²) in [5.41, 5.74) is 0.965. The number of morpholine rings is 1. The molecule has 2 atom stereocenters. The molecule has 2 aromatic rings. The molecule has 0 spiro atoms. The van der Waals surface area contributed by atoms with Gasteiger partial charge in [0.15, 0.2) is 0 Å². The van der Waals surface area contributed by atoms with Gasteiger partial charge >= 0.3 is 0 Å². The van der Waals surface area contributed by atoms with E-state index in [1.54, 1.807) is 17.0 Å². The van der Waals surface area contributed by atoms with Crippen LogP contribution in [0.25, 0.3) is 0 Å². The summed E-state index contributed by atoms with van der Waals surface area (Å²) in [4.78, 5) is 16.8. The molecule has 0 bridgehead atoms. The summed E-state index contributed by atoms with van der Waals surface area (Å²) in [7, 11) is 0. The highest BCUT2D eigenvalue weighted by Gasteiger charge is 2.36. The Morgan fingerprint density at radius 3 is 2.69 bits per heavy atom. The first-order valence-corrected chi connectivity index (χ1v) is 10.6. The van der Waals surface area contributed by atoms with Gasteiger partial charge in [-0.25, -0.2) is 8.78 Å². The lowest BCUT2D eigenvalue weighted by molar-refractivity contribution is -0.0858. The van der Waals surface area contributed by atoms with E-state index in [2.05, 4.69) is 20.8 Å². The fraction of sp³-hybridized carbons (Fsp3) is 0.350. The number of rotatable bonds is 2. The molecule has 0 N–H and O–H groups in total. The van der Waals surface area contributed by atoms with Crippen LogP contribution in [0.3, 0.4) is 0 Å². The fourth-order valence-corrected chi connectivity index (χ4v) is 4.58. The predicted octanol–water partition coefficient (Wildman–Crippen LogP) is 4.93. The Kier molecular flexibility index (Phi) is 6.14. The average Bonchev–Trinajstić information content (AvgIpc) is 2.71. The molecule has 2 heterocycles. The maximum absolute atomic E-state index is 13.7. The third-order valence-electron chi connectivity index (χ3n) is 5.32. The smallest absolute Gasteiger partial charge is 0.255 e. The molecule has 0 aliphatic carbocycles. The van der Waals surface area contributed by atoms with Gasteiger partial charge in [-0.2, -0.15) is 0 Å². The Morgan fingerprint density at radius 2 is 1.93 bits per heavy atom. The van der Waals surface area contributed by atoms with E-state index in [0.717, 1.165) is 11.6 Å². The van der Waals surface area contributed by atoms with Gasteiger partial charge in [-0.05, 0) is 45.8 Å². The van der Waals surface area contributed by atoms with Crippen molar-refractivity contribution >= 4 is 45.0 Å². The molecule has 1 amide bonds. The molecule has 2 aromatic carbocycles. The number of benzene rings is 2. The molecule has 0 aromatic heterocycles. The SMILES string of the molecule is O=C(c1cc(F)cc(Br)c1Cl)N1CCN2C[C@@H](c3ccc(F)c(Cl)c3)OC[C@@H]2C1. The number of carbonyl (C=O) groups is 1. The summed E-state index contributed by atoms with van der Waals surface area (Å²) in [5, 5.41) is 0.272. The zero-order valence-electron chi connectivity index (χ0n) is 15.2. The van der Waals surface area contributed by atoms with Crippen molar-refractivity contribution in [2.24, 2.45) is 0 Å². The van der Waals surface area contributed by atoms with E-state index in [1.165, 1.54) is 12.1 Å². The molecule has 4 rings (SSSR count). The molecule has 0 unspecified atom stereocenters. The van der Waals surface area contributed by atoms with Crippen LogP contribution in [0, 0.1) is 11.6 Å². The van der Waals surface area contributed by atoms with Crippen LogP contribution < -0.4 is 0 Å². The van der Waals surface area contributed by atoms with Gasteiger partial charge in [0.25, 0.3) is 5.91 Å². The van der Waals surface area contributed by atoms with Gasteiger partial charge in [-0.1, -0.05) is 29.3 Å². The number of hydrogen-bond acceptors (Lipinski definition) is 3. The largest absolute Gasteiger partial charge is 0.370 e. The summed E-state index contributed by atoms with van der Waals surface area (Å²) in [6.45, 7) is 2.65. The van der Waals surface area contributed by atoms with Gasteiger partial charge in [0.05, 0.1) is 34.4 Å². The molecule has 154 valence electrons. The van der Waals surface area contributed by atoms with Crippen LogP contribution in [0.4, 0.5) is 8.78 Å². The zero-order chi connectivity index (χ0) is 20.7. The van der Waals surface area contributed by atoms with E-state index in [0.29, 0.717) is 37.3 Å². The van der Waals surface area contributed by atoms with Gasteiger partial charge in [0, 0.05) is 30.7 Å². The molecule has 2 aliphatic rings. The Bertz CT molecular complexity index is 962. The second kappa shape index (κ2) is 8.47. The van der Waals surface area contributed by atoms with Crippen molar-refractivity contribution in [1.82, 2.24) is 9.80 Å². The topological polar surface area (TPSA) is 32.8 Å². The van der Waals surface area contributed by atoms with Gasteiger partial charge in [0.1, 0.15) is 11.6 Å². The highest BCUT2D eigenvalue weighted by atomic mass is 79.9. The Hall–Kier alpha value is -1.25. The van der Waals surface area contributed by atoms with E-state index in [1.807, 2.05) is 0 Å². The molecule has 0 radical (unpaired) electrons. The lowest BCUT2D eigenvalue weighted by atomic mass is 10.0. The summed E-state index contributed by atoms with van der Waals surface area (Å²) in [5.74, 6) is -1.29. The lowest BCUT2D eigenvalue weighted by Gasteiger charge is -2.46. The first-order valence-electron chi connectivity index (χ1n) is 9.08. The van der Waals surface area contributed by atoms with Crippen molar-refractivity contribution in [3.8, 4) is 0 Å². The molecule has 2 fully saturated rings. The van der Waals surface area contributed by atoms with Gasteiger partial charge in [0.2, 0.25) is 0 Å². The minimum Gasteiger partial charge on any atom is -0.370 e. The van der Waals surface area contributed by atoms with Crippen LogP contribution in [0.15, 0.2) is 34.8 Å². The summed E-state index contributed by atoms with van der Waals surface area (Å²) < 4.78 is 33.5. The van der Waals surface area contributed by atoms with E-state index in [4.69, 9.17) is 27.9 Å². The first-order chi connectivity index (χ1) is 13.8. The highest BCUT2D eigenvalue weighted by Crippen LogP contribution is 2.31. The van der Waals surface area contributed by atoms with E-state index < -0.39 is 11.6 Å². The number of piperazine rings is 1. The molecule has 0 saturated carbocycles. The van der Waals surface area contributed by atoms with Gasteiger partial charge < -0.3 is 9.64 Å². The highest BCUT2D eigenvalue weighted by molar-refractivity contribution is 9.10. The Morgan fingerprint density at radius 1 is 1.14 bits per heavy atom. The van der Waals surface area contributed by atoms with Crippen molar-refractivity contribution in [3.05, 3.63) is 67.6 Å². The van der Waals surface area contributed by atoms with Crippen molar-refractivity contribution in [2.45, 2.75) is 12.1 Å². The number of carbonyl (C=O) groups excluding carboxylic acids is 1. The lowest BCUT2D eigenvalue weighted by Crippen LogP contribution is -2.59. The van der Waals surface area contributed by atoms with Crippen molar-refractivity contribution in [1.29, 1.82) is 0 Å². The first kappa shape index (κ1) is 21.0. The number of amides is 1. The Balaban J connectivity index is 1.44. The molecule has 29 heavy (non-hydrogen) atoms. The number of ether oxygens (including phenoxy) is 1. The van der Waals surface area contributed by atoms with Crippen LogP contribution in [0.5, 0.6) is 0 Å². The van der Waals surface area contributed by atoms with Crippen molar-refractivity contribution in [2.75, 3.05) is 32.8 Å². The third-order valence-corrected chi connectivity index (χ3v) is 6.87. The van der Waals surface area contributed by atoms with Crippen molar-refractivity contribution in [3.63, 3.8) is 0 Å². The predicted molar refractivity (Wildman–Crippen MR) is 110 cm³/mol. The fourth-order valence-electron chi connectivity index (χ4n) is 3.76. The van der Waals surface area contributed by atoms with Crippen molar-refractivity contribution < 1.29 is 18.3 Å². The molecule has 2 saturated heterocycles. The van der Waals surface area contributed by atoms with E-state index >= 15 is 0 Å². The van der Waals surface area contributed by atoms with Crippen LogP contribution in [0.1, 0.15) is 22.0 Å². The maximum atomic E-state index is 13.7. The second-order valence-corrected chi connectivity index (χ2v) is 8.78. The second-order valence-electron chi connectivity index (χ2n) is 7.14. The normalized spacial score (nSPS) is 22.4. The van der Waals surface area contributed by atoms with Gasteiger partial charge in [-0.3, -0.25) is 9.69 Å². The Labute approximate surface area is 185 Å². The van der Waals surface area contributed by atoms with Gasteiger partial charge in [-0.15, -0.1) is 0 Å². The molecule has 4 nitrogen and oxygen atoms in total. The number of hydrogen-bond donors (Lipinski definition) is 0. The van der Waals surface area contributed by atoms with E-state index in [-0.39, 0.29) is 33.7 Å². The average molecular weight is 506 g/mol. The van der Waals surface area contributed by atoms with Crippen LogP contribution >= 0.6 is 39.1 Å². The minimum atomic E-state index is -0.523. The molecular formula is C20H17BrCl2F2N2O2. The summed E-state index contributed by atoms with van der Waals surface area (Å²) >= 11 is 15.3. The molecule has 9 heteroatoms. The van der Waals surface area contributed by atoms with Crippen LogP contribution in [-0.2, 0) is 4.74 Å². The van der Waals surface area contributed by atoms with Crippen LogP contribution in [-0.4, -0.2) is 54.5 Å². The molecular weight excluding hydrogens is 489 g/mol. The monoisotopic (exact) mass is 504 g/mol. The summed E-state index contributed by atoms with van der Waals surface area (Å²) in [6.07, 6.45) is -0.208. The minimum absolute atomic E-state index is 0.0237. The maximum Gasteiger partial charge on any atom is 0.255 e. The standard InChI is InChI=1S/C20H17BrCl2F2N2O2/c21-15-7-12(24)6-14(19(15)23)20(28)27-4-3-26-9-18(29-10-13(26)8-27)11-1-2-17(25)16(22)5-11/h1-2,5-7,13,18H,3-4,8-10H2/t13-,18-/m0/s1. The number of halogens is 5. The quantitative estimate of drug-likeness (QED) is 0.542. The van der Waals surface area contributed by atoms with Crippen LogP contribution in [0.2, 0.25) is 10.0 Å². The zero-order valence-corrected chi connectivity index (χ0v) is 18.3. The number of fused-ring (bicyclic) bond motifs is 1. The van der Waals surface area contributed by atoms with E-state index in [9.17, 15) is 13.6 Å².